The van der Waals surface area contributed by atoms with Gasteiger partial charge < -0.3 is 10.5 Å². The summed E-state index contributed by atoms with van der Waals surface area (Å²) in [5.41, 5.74) is 7.90. The van der Waals surface area contributed by atoms with Crippen LogP contribution in [0.5, 0.6) is 0 Å². The summed E-state index contributed by atoms with van der Waals surface area (Å²) in [6.45, 7) is 7.45. The number of piperidine rings is 1. The lowest BCUT2D eigenvalue weighted by Gasteiger charge is -2.35. The molecule has 1 aliphatic rings. The first-order valence-electron chi connectivity index (χ1n) is 7.19. The highest BCUT2D eigenvalue weighted by Crippen LogP contribution is 2.25. The van der Waals surface area contributed by atoms with E-state index in [-0.39, 0.29) is 5.97 Å². The predicted octanol–water partition coefficient (Wildman–Crippen LogP) is 2.53. The average molecular weight is 276 g/mol. The van der Waals surface area contributed by atoms with Crippen LogP contribution in [0.2, 0.25) is 0 Å². The van der Waals surface area contributed by atoms with Crippen molar-refractivity contribution in [3.8, 4) is 0 Å². The lowest BCUT2D eigenvalue weighted by atomic mass is 9.91. The van der Waals surface area contributed by atoms with E-state index in [1.165, 1.54) is 13.5 Å². The van der Waals surface area contributed by atoms with Gasteiger partial charge in [0.1, 0.15) is 0 Å². The zero-order valence-electron chi connectivity index (χ0n) is 12.6. The summed E-state index contributed by atoms with van der Waals surface area (Å²) >= 11 is 0. The Hall–Kier alpha value is -1.55. The molecule has 4 heteroatoms. The summed E-state index contributed by atoms with van der Waals surface area (Å²) in [6.07, 6.45) is 1.28. The van der Waals surface area contributed by atoms with Gasteiger partial charge in [0.15, 0.2) is 0 Å². The van der Waals surface area contributed by atoms with Crippen molar-refractivity contribution >= 4 is 11.7 Å². The Morgan fingerprint density at radius 2 is 2.00 bits per heavy atom. The molecule has 2 N–H and O–H groups in total. The number of carbonyl (C=O) groups is 1. The maximum atomic E-state index is 11.9. The van der Waals surface area contributed by atoms with Gasteiger partial charge in [0.05, 0.1) is 12.7 Å². The van der Waals surface area contributed by atoms with E-state index < -0.39 is 0 Å². The van der Waals surface area contributed by atoms with Crippen molar-refractivity contribution in [1.82, 2.24) is 4.90 Å². The molecule has 0 aromatic heterocycles. The predicted molar refractivity (Wildman–Crippen MR) is 80.4 cm³/mol. The van der Waals surface area contributed by atoms with E-state index in [4.69, 9.17) is 10.5 Å². The molecule has 1 aromatic carbocycles. The molecule has 1 saturated heterocycles. The SMILES string of the molecule is COC(=O)c1c(N)cccc1CN1CC(C)CC(C)C1. The van der Waals surface area contributed by atoms with E-state index >= 15 is 0 Å². The zero-order valence-corrected chi connectivity index (χ0v) is 12.6. The van der Waals surface area contributed by atoms with Crippen molar-refractivity contribution in [2.75, 3.05) is 25.9 Å². The summed E-state index contributed by atoms with van der Waals surface area (Å²) in [5.74, 6) is 1.04. The molecule has 4 nitrogen and oxygen atoms in total. The van der Waals surface area contributed by atoms with Gasteiger partial charge in [-0.1, -0.05) is 26.0 Å². The van der Waals surface area contributed by atoms with Crippen molar-refractivity contribution in [3.05, 3.63) is 29.3 Å². The van der Waals surface area contributed by atoms with Crippen LogP contribution < -0.4 is 5.73 Å². The molecule has 2 atom stereocenters. The second-order valence-corrected chi connectivity index (χ2v) is 6.01. The molecule has 1 fully saturated rings. The van der Waals surface area contributed by atoms with Crippen molar-refractivity contribution in [2.24, 2.45) is 11.8 Å². The molecule has 0 aliphatic carbocycles. The van der Waals surface area contributed by atoms with Gasteiger partial charge in [0.25, 0.3) is 0 Å². The Labute approximate surface area is 120 Å². The van der Waals surface area contributed by atoms with E-state index in [0.29, 0.717) is 23.1 Å². The average Bonchev–Trinajstić information content (AvgIpc) is 2.37. The molecular weight excluding hydrogens is 252 g/mol. The minimum Gasteiger partial charge on any atom is -0.465 e. The van der Waals surface area contributed by atoms with Gasteiger partial charge in [-0.2, -0.15) is 0 Å². The topological polar surface area (TPSA) is 55.6 Å². The third kappa shape index (κ3) is 3.31. The van der Waals surface area contributed by atoms with Gasteiger partial charge in [-0.3, -0.25) is 4.90 Å². The van der Waals surface area contributed by atoms with Crippen molar-refractivity contribution in [1.29, 1.82) is 0 Å². The van der Waals surface area contributed by atoms with Crippen LogP contribution >= 0.6 is 0 Å². The minimum atomic E-state index is -0.351. The highest BCUT2D eigenvalue weighted by molar-refractivity contribution is 5.96. The quantitative estimate of drug-likeness (QED) is 0.681. The Kier molecular flexibility index (Phi) is 4.65. The molecule has 1 heterocycles. The lowest BCUT2D eigenvalue weighted by Crippen LogP contribution is -2.38. The maximum Gasteiger partial charge on any atom is 0.340 e. The fourth-order valence-corrected chi connectivity index (χ4v) is 3.26. The number of nitrogens with zero attached hydrogens (tertiary/aromatic N) is 1. The molecule has 2 rings (SSSR count). The summed E-state index contributed by atoms with van der Waals surface area (Å²) in [6, 6.07) is 5.61. The fraction of sp³-hybridized carbons (Fsp3) is 0.562. The number of carbonyl (C=O) groups excluding carboxylic acids is 1. The largest absolute Gasteiger partial charge is 0.465 e. The molecule has 0 spiro atoms. The molecular formula is C16H24N2O2. The van der Waals surface area contributed by atoms with Crippen LogP contribution in [0.1, 0.15) is 36.2 Å². The number of nitrogen functional groups attached to an aromatic ring is 1. The molecule has 0 saturated carbocycles. The van der Waals surface area contributed by atoms with E-state index in [0.717, 1.165) is 25.2 Å². The number of hydrogen-bond acceptors (Lipinski definition) is 4. The summed E-state index contributed by atoms with van der Waals surface area (Å²) in [4.78, 5) is 14.3. The van der Waals surface area contributed by atoms with Crippen molar-refractivity contribution in [3.63, 3.8) is 0 Å². The molecule has 0 bridgehead atoms. The minimum absolute atomic E-state index is 0.351. The number of nitrogens with two attached hydrogens (primary N) is 1. The van der Waals surface area contributed by atoms with Gasteiger partial charge in [-0.15, -0.1) is 0 Å². The number of benzene rings is 1. The van der Waals surface area contributed by atoms with Crippen molar-refractivity contribution in [2.45, 2.75) is 26.8 Å². The molecule has 1 aliphatic heterocycles. The van der Waals surface area contributed by atoms with Gasteiger partial charge in [-0.05, 0) is 29.9 Å². The fourth-order valence-electron chi connectivity index (χ4n) is 3.26. The first-order valence-corrected chi connectivity index (χ1v) is 7.19. The molecule has 20 heavy (non-hydrogen) atoms. The monoisotopic (exact) mass is 276 g/mol. The van der Waals surface area contributed by atoms with Crippen LogP contribution in [0.3, 0.4) is 0 Å². The summed E-state index contributed by atoms with van der Waals surface area (Å²) in [5, 5.41) is 0. The molecule has 110 valence electrons. The zero-order chi connectivity index (χ0) is 14.7. The second kappa shape index (κ2) is 6.27. The van der Waals surface area contributed by atoms with Gasteiger partial charge >= 0.3 is 5.97 Å². The van der Waals surface area contributed by atoms with Gasteiger partial charge in [0.2, 0.25) is 0 Å². The maximum absolute atomic E-state index is 11.9. The highest BCUT2D eigenvalue weighted by atomic mass is 16.5. The Morgan fingerprint density at radius 1 is 1.35 bits per heavy atom. The smallest absolute Gasteiger partial charge is 0.340 e. The molecule has 0 amide bonds. The summed E-state index contributed by atoms with van der Waals surface area (Å²) in [7, 11) is 1.39. The number of likely N-dealkylation sites (tertiary alicyclic amines) is 1. The Bertz CT molecular complexity index is 477. The summed E-state index contributed by atoms with van der Waals surface area (Å²) < 4.78 is 4.85. The molecule has 0 radical (unpaired) electrons. The second-order valence-electron chi connectivity index (χ2n) is 6.01. The van der Waals surface area contributed by atoms with Crippen LogP contribution in [0, 0.1) is 11.8 Å². The van der Waals surface area contributed by atoms with Crippen LogP contribution in [-0.2, 0) is 11.3 Å². The number of rotatable bonds is 3. The number of esters is 1. The Morgan fingerprint density at radius 3 is 2.60 bits per heavy atom. The molecule has 1 aromatic rings. The van der Waals surface area contributed by atoms with Crippen LogP contribution in [0.25, 0.3) is 0 Å². The van der Waals surface area contributed by atoms with Crippen LogP contribution in [0.4, 0.5) is 5.69 Å². The van der Waals surface area contributed by atoms with E-state index in [2.05, 4.69) is 18.7 Å². The Balaban J connectivity index is 2.20. The normalized spacial score (nSPS) is 23.6. The highest BCUT2D eigenvalue weighted by Gasteiger charge is 2.24. The number of methoxy groups -OCH3 is 1. The third-order valence-corrected chi connectivity index (χ3v) is 3.91. The van der Waals surface area contributed by atoms with Gasteiger partial charge in [0, 0.05) is 25.3 Å². The number of hydrogen-bond donors (Lipinski definition) is 1. The lowest BCUT2D eigenvalue weighted by molar-refractivity contribution is 0.0598. The standard InChI is InChI=1S/C16H24N2O2/c1-11-7-12(2)9-18(8-11)10-13-5-4-6-14(17)15(13)16(19)20-3/h4-6,11-12H,7-10,17H2,1-3H3. The first kappa shape index (κ1) is 14.9. The van der Waals surface area contributed by atoms with Gasteiger partial charge in [-0.25, -0.2) is 4.79 Å². The molecule has 2 unspecified atom stereocenters. The first-order chi connectivity index (χ1) is 9.51. The third-order valence-electron chi connectivity index (χ3n) is 3.91. The van der Waals surface area contributed by atoms with E-state index in [1.807, 2.05) is 12.1 Å². The number of anilines is 1. The van der Waals surface area contributed by atoms with E-state index in [1.54, 1.807) is 6.07 Å². The van der Waals surface area contributed by atoms with Crippen LogP contribution in [-0.4, -0.2) is 31.1 Å². The van der Waals surface area contributed by atoms with Crippen molar-refractivity contribution < 1.29 is 9.53 Å². The number of ether oxygens (including phenoxy) is 1. The van der Waals surface area contributed by atoms with Crippen LogP contribution in [0.15, 0.2) is 18.2 Å². The van der Waals surface area contributed by atoms with E-state index in [9.17, 15) is 4.79 Å².